The molecule has 1 N–H and O–H groups in total. The Hall–Kier alpha value is -1.31. The van der Waals surface area contributed by atoms with Crippen molar-refractivity contribution in [2.24, 2.45) is 5.92 Å². The summed E-state index contributed by atoms with van der Waals surface area (Å²) in [5.74, 6) is 0.755. The van der Waals surface area contributed by atoms with Gasteiger partial charge in [-0.1, -0.05) is 44.2 Å². The maximum Gasteiger partial charge on any atom is 0.223 e. The second kappa shape index (κ2) is 3.69. The van der Waals surface area contributed by atoms with Gasteiger partial charge in [0.15, 0.2) is 0 Å². The predicted octanol–water partition coefficient (Wildman–Crippen LogP) is 2.45. The van der Waals surface area contributed by atoms with E-state index in [-0.39, 0.29) is 11.4 Å². The summed E-state index contributed by atoms with van der Waals surface area (Å²) in [4.78, 5) is 11.2. The van der Waals surface area contributed by atoms with Crippen molar-refractivity contribution in [1.82, 2.24) is 5.32 Å². The van der Waals surface area contributed by atoms with E-state index in [0.29, 0.717) is 12.3 Å². The number of β-lactam (4-membered cyclic amide) rings is 1. The number of carbonyl (C=O) groups is 1. The Bertz CT molecular complexity index is 348. The van der Waals surface area contributed by atoms with Crippen LogP contribution in [0.1, 0.15) is 32.3 Å². The van der Waals surface area contributed by atoms with Crippen molar-refractivity contribution in [2.75, 3.05) is 0 Å². The van der Waals surface area contributed by atoms with Crippen LogP contribution < -0.4 is 5.32 Å². The van der Waals surface area contributed by atoms with Crippen LogP contribution in [-0.2, 0) is 10.3 Å². The quantitative estimate of drug-likeness (QED) is 0.751. The molecule has 2 heteroatoms. The summed E-state index contributed by atoms with van der Waals surface area (Å²) < 4.78 is 0. The number of hydrogen-bond donors (Lipinski definition) is 1. The Morgan fingerprint density at radius 1 is 1.33 bits per heavy atom. The molecule has 0 aliphatic carbocycles. The molecule has 1 saturated heterocycles. The molecule has 1 aliphatic heterocycles. The lowest BCUT2D eigenvalue weighted by molar-refractivity contribution is -0.133. The van der Waals surface area contributed by atoms with E-state index in [2.05, 4.69) is 31.3 Å². The molecule has 0 radical (unpaired) electrons. The van der Waals surface area contributed by atoms with Gasteiger partial charge in [0.1, 0.15) is 0 Å². The maximum absolute atomic E-state index is 11.2. The van der Waals surface area contributed by atoms with Gasteiger partial charge in [-0.25, -0.2) is 0 Å². The molecule has 0 aromatic heterocycles. The van der Waals surface area contributed by atoms with E-state index in [1.807, 2.05) is 18.2 Å². The Morgan fingerprint density at radius 2 is 1.93 bits per heavy atom. The predicted molar refractivity (Wildman–Crippen MR) is 60.3 cm³/mol. The number of hydrogen-bond acceptors (Lipinski definition) is 1. The van der Waals surface area contributed by atoms with E-state index in [9.17, 15) is 4.79 Å². The molecule has 2 rings (SSSR count). The van der Waals surface area contributed by atoms with E-state index in [4.69, 9.17) is 0 Å². The van der Waals surface area contributed by atoms with Gasteiger partial charge in [-0.3, -0.25) is 4.79 Å². The van der Waals surface area contributed by atoms with E-state index in [0.717, 1.165) is 6.42 Å². The molecule has 2 nitrogen and oxygen atoms in total. The van der Waals surface area contributed by atoms with Crippen LogP contribution in [0, 0.1) is 5.92 Å². The monoisotopic (exact) mass is 203 g/mol. The first-order valence-corrected chi connectivity index (χ1v) is 5.49. The third kappa shape index (κ3) is 1.89. The van der Waals surface area contributed by atoms with Crippen molar-refractivity contribution in [3.8, 4) is 0 Å². The number of nitrogens with one attached hydrogen (secondary N) is 1. The average Bonchev–Trinajstić information content (AvgIpc) is 2.15. The molecule has 1 aromatic carbocycles. The lowest BCUT2D eigenvalue weighted by atomic mass is 9.74. The fourth-order valence-corrected chi connectivity index (χ4v) is 2.39. The van der Waals surface area contributed by atoms with Gasteiger partial charge in [-0.05, 0) is 17.9 Å². The molecule has 0 spiro atoms. The summed E-state index contributed by atoms with van der Waals surface area (Å²) in [5.41, 5.74) is 1.14. The molecule has 1 atom stereocenters. The van der Waals surface area contributed by atoms with Gasteiger partial charge in [0, 0.05) is 0 Å². The summed E-state index contributed by atoms with van der Waals surface area (Å²) in [7, 11) is 0. The number of benzene rings is 1. The van der Waals surface area contributed by atoms with Gasteiger partial charge < -0.3 is 5.32 Å². The van der Waals surface area contributed by atoms with Crippen LogP contribution >= 0.6 is 0 Å². The van der Waals surface area contributed by atoms with Gasteiger partial charge in [0.2, 0.25) is 5.91 Å². The van der Waals surface area contributed by atoms with Crippen LogP contribution in [0.4, 0.5) is 0 Å². The van der Waals surface area contributed by atoms with Crippen LogP contribution in [-0.4, -0.2) is 5.91 Å². The third-order valence-corrected chi connectivity index (χ3v) is 2.92. The highest BCUT2D eigenvalue weighted by molar-refractivity contribution is 5.85. The van der Waals surface area contributed by atoms with Gasteiger partial charge in [-0.2, -0.15) is 0 Å². The van der Waals surface area contributed by atoms with Crippen LogP contribution in [0.25, 0.3) is 0 Å². The standard InChI is InChI=1S/C13H17NO/c1-10(2)8-13(9-12(15)14-13)11-6-4-3-5-7-11/h3-7,10H,8-9H2,1-2H3,(H,14,15). The van der Waals surface area contributed by atoms with Crippen LogP contribution in [0.5, 0.6) is 0 Å². The van der Waals surface area contributed by atoms with Crippen molar-refractivity contribution in [3.05, 3.63) is 35.9 Å². The van der Waals surface area contributed by atoms with Crippen LogP contribution in [0.2, 0.25) is 0 Å². The molecule has 1 aromatic rings. The highest BCUT2D eigenvalue weighted by atomic mass is 16.2. The minimum absolute atomic E-state index is 0.0908. The van der Waals surface area contributed by atoms with Crippen molar-refractivity contribution < 1.29 is 4.79 Å². The number of carbonyl (C=O) groups excluding carboxylic acids is 1. The largest absolute Gasteiger partial charge is 0.346 e. The fraction of sp³-hybridized carbons (Fsp3) is 0.462. The first-order valence-electron chi connectivity index (χ1n) is 5.49. The molecule has 15 heavy (non-hydrogen) atoms. The highest BCUT2D eigenvalue weighted by Crippen LogP contribution is 2.37. The zero-order valence-corrected chi connectivity index (χ0v) is 9.29. The SMILES string of the molecule is CC(C)CC1(c2ccccc2)CC(=O)N1. The molecule has 80 valence electrons. The van der Waals surface area contributed by atoms with E-state index in [1.165, 1.54) is 5.56 Å². The first kappa shape index (κ1) is 10.2. The summed E-state index contributed by atoms with van der Waals surface area (Å²) in [6, 6.07) is 10.3. The van der Waals surface area contributed by atoms with E-state index in [1.54, 1.807) is 0 Å². The summed E-state index contributed by atoms with van der Waals surface area (Å²) in [5, 5.41) is 3.06. The van der Waals surface area contributed by atoms with Crippen LogP contribution in [0.15, 0.2) is 30.3 Å². The molecule has 1 amide bonds. The second-order valence-electron chi connectivity index (χ2n) is 4.77. The summed E-state index contributed by atoms with van der Waals surface area (Å²) in [6.45, 7) is 4.38. The van der Waals surface area contributed by atoms with E-state index >= 15 is 0 Å². The van der Waals surface area contributed by atoms with Gasteiger partial charge in [-0.15, -0.1) is 0 Å². The van der Waals surface area contributed by atoms with Crippen LogP contribution in [0.3, 0.4) is 0 Å². The third-order valence-electron chi connectivity index (χ3n) is 2.92. The normalized spacial score (nSPS) is 24.9. The smallest absolute Gasteiger partial charge is 0.223 e. The van der Waals surface area contributed by atoms with Crippen molar-refractivity contribution in [2.45, 2.75) is 32.2 Å². The fourth-order valence-electron chi connectivity index (χ4n) is 2.39. The minimum Gasteiger partial charge on any atom is -0.346 e. The molecule has 1 aliphatic rings. The lowest BCUT2D eigenvalue weighted by Gasteiger charge is -2.44. The minimum atomic E-state index is -0.0908. The number of amides is 1. The zero-order valence-electron chi connectivity index (χ0n) is 9.29. The molecule has 1 heterocycles. The summed E-state index contributed by atoms with van der Waals surface area (Å²) >= 11 is 0. The highest BCUT2D eigenvalue weighted by Gasteiger charge is 2.44. The van der Waals surface area contributed by atoms with Gasteiger partial charge in [0.25, 0.3) is 0 Å². The van der Waals surface area contributed by atoms with Crippen molar-refractivity contribution in [1.29, 1.82) is 0 Å². The average molecular weight is 203 g/mol. The molecule has 0 bridgehead atoms. The topological polar surface area (TPSA) is 29.1 Å². The zero-order chi connectivity index (χ0) is 10.9. The van der Waals surface area contributed by atoms with Gasteiger partial charge in [0.05, 0.1) is 12.0 Å². The van der Waals surface area contributed by atoms with Gasteiger partial charge >= 0.3 is 0 Å². The van der Waals surface area contributed by atoms with E-state index < -0.39 is 0 Å². The molecule has 1 unspecified atom stereocenters. The Balaban J connectivity index is 2.24. The Morgan fingerprint density at radius 3 is 2.40 bits per heavy atom. The summed E-state index contributed by atoms with van der Waals surface area (Å²) in [6.07, 6.45) is 1.65. The lowest BCUT2D eigenvalue weighted by Crippen LogP contribution is -2.58. The number of rotatable bonds is 3. The molecular formula is C13H17NO. The van der Waals surface area contributed by atoms with Crippen molar-refractivity contribution in [3.63, 3.8) is 0 Å². The Kier molecular flexibility index (Phi) is 2.51. The maximum atomic E-state index is 11.2. The Labute approximate surface area is 90.7 Å². The van der Waals surface area contributed by atoms with Crippen molar-refractivity contribution >= 4 is 5.91 Å². The molecule has 1 fully saturated rings. The second-order valence-corrected chi connectivity index (χ2v) is 4.77. The molecule has 0 saturated carbocycles. The molecular weight excluding hydrogens is 186 g/mol. The first-order chi connectivity index (χ1) is 7.12.